The number of nitrogens with one attached hydrogen (secondary N) is 1. The number of hydrogen-bond acceptors (Lipinski definition) is 4. The highest BCUT2D eigenvalue weighted by atomic mass is 32.2. The molecule has 1 fully saturated rings. The van der Waals surface area contributed by atoms with E-state index in [0.29, 0.717) is 11.9 Å². The van der Waals surface area contributed by atoms with Crippen LogP contribution in [0.15, 0.2) is 23.4 Å². The first-order valence-corrected chi connectivity index (χ1v) is 6.73. The minimum absolute atomic E-state index is 0.676. The smallest absolute Gasteiger partial charge is 0.151 e. The minimum Gasteiger partial charge on any atom is -0.491 e. The van der Waals surface area contributed by atoms with Crippen LogP contribution in [0, 0.1) is 0 Å². The molecule has 0 unspecified atom stereocenters. The van der Waals surface area contributed by atoms with Gasteiger partial charge in [-0.05, 0) is 45.0 Å². The predicted octanol–water partition coefficient (Wildman–Crippen LogP) is 2.32. The van der Waals surface area contributed by atoms with Crippen LogP contribution >= 0.6 is 11.8 Å². The zero-order valence-electron chi connectivity index (χ0n) is 9.61. The van der Waals surface area contributed by atoms with Crippen molar-refractivity contribution in [3.05, 3.63) is 18.3 Å². The maximum Gasteiger partial charge on any atom is 0.151 e. The molecule has 1 aromatic rings. The summed E-state index contributed by atoms with van der Waals surface area (Å²) < 4.78 is 5.58. The van der Waals surface area contributed by atoms with Gasteiger partial charge in [-0.2, -0.15) is 0 Å². The second kappa shape index (κ2) is 6.11. The van der Waals surface area contributed by atoms with Gasteiger partial charge >= 0.3 is 0 Å². The lowest BCUT2D eigenvalue weighted by molar-refractivity contribution is 0.329. The molecule has 0 saturated carbocycles. The number of nitrogens with zero attached hydrogens (tertiary/aromatic N) is 1. The number of aromatic nitrogens is 1. The van der Waals surface area contributed by atoms with Crippen LogP contribution in [-0.2, 0) is 0 Å². The van der Waals surface area contributed by atoms with Gasteiger partial charge in [0, 0.05) is 11.4 Å². The van der Waals surface area contributed by atoms with E-state index < -0.39 is 0 Å². The van der Waals surface area contributed by atoms with E-state index in [9.17, 15) is 0 Å². The van der Waals surface area contributed by atoms with Crippen molar-refractivity contribution in [2.45, 2.75) is 30.0 Å². The molecule has 1 aliphatic heterocycles. The fourth-order valence-electron chi connectivity index (χ4n) is 1.80. The molecule has 4 heteroatoms. The Morgan fingerprint density at radius 1 is 1.50 bits per heavy atom. The molecule has 0 amide bonds. The zero-order valence-corrected chi connectivity index (χ0v) is 10.4. The van der Waals surface area contributed by atoms with Crippen LogP contribution in [0.5, 0.6) is 5.75 Å². The molecule has 0 aliphatic carbocycles. The third-order valence-electron chi connectivity index (χ3n) is 2.60. The monoisotopic (exact) mass is 238 g/mol. The average molecular weight is 238 g/mol. The van der Waals surface area contributed by atoms with Crippen molar-refractivity contribution >= 4 is 11.8 Å². The van der Waals surface area contributed by atoms with Crippen LogP contribution in [0.1, 0.15) is 19.8 Å². The topological polar surface area (TPSA) is 34.1 Å². The van der Waals surface area contributed by atoms with Gasteiger partial charge in [0.05, 0.1) is 6.61 Å². The molecule has 1 N–H and O–H groups in total. The Hall–Kier alpha value is -0.740. The molecule has 1 saturated heterocycles. The van der Waals surface area contributed by atoms with Gasteiger partial charge in [0.15, 0.2) is 5.75 Å². The molecule has 3 nitrogen and oxygen atoms in total. The van der Waals surface area contributed by atoms with E-state index >= 15 is 0 Å². The second-order valence-electron chi connectivity index (χ2n) is 3.81. The van der Waals surface area contributed by atoms with Crippen molar-refractivity contribution in [3.63, 3.8) is 0 Å². The van der Waals surface area contributed by atoms with Crippen molar-refractivity contribution in [1.29, 1.82) is 0 Å². The Labute approximate surface area is 101 Å². The lowest BCUT2D eigenvalue weighted by Crippen LogP contribution is -2.29. The van der Waals surface area contributed by atoms with Crippen molar-refractivity contribution in [1.82, 2.24) is 10.3 Å². The molecule has 2 heterocycles. The van der Waals surface area contributed by atoms with Gasteiger partial charge in [0.2, 0.25) is 0 Å². The lowest BCUT2D eigenvalue weighted by atomic mass is 10.2. The number of thioether (sulfide) groups is 1. The molecule has 88 valence electrons. The van der Waals surface area contributed by atoms with E-state index in [1.54, 1.807) is 0 Å². The summed E-state index contributed by atoms with van der Waals surface area (Å²) in [7, 11) is 0. The average Bonchev–Trinajstić information content (AvgIpc) is 2.33. The second-order valence-corrected chi connectivity index (χ2v) is 5.10. The Bertz CT molecular complexity index is 327. The maximum absolute atomic E-state index is 5.58. The molecule has 16 heavy (non-hydrogen) atoms. The lowest BCUT2D eigenvalue weighted by Gasteiger charge is -2.22. The first-order chi connectivity index (χ1) is 7.90. The number of hydrogen-bond donors (Lipinski definition) is 1. The van der Waals surface area contributed by atoms with Crippen LogP contribution in [0.3, 0.4) is 0 Å². The predicted molar refractivity (Wildman–Crippen MR) is 67.2 cm³/mol. The number of piperidine rings is 1. The van der Waals surface area contributed by atoms with E-state index in [2.05, 4.69) is 10.3 Å². The Morgan fingerprint density at radius 3 is 3.06 bits per heavy atom. The molecule has 0 bridgehead atoms. The summed E-state index contributed by atoms with van der Waals surface area (Å²) in [6.45, 7) is 4.94. The minimum atomic E-state index is 0.676. The fourth-order valence-corrected chi connectivity index (χ4v) is 2.95. The summed E-state index contributed by atoms with van der Waals surface area (Å²) >= 11 is 1.85. The van der Waals surface area contributed by atoms with Gasteiger partial charge in [0.1, 0.15) is 5.03 Å². The van der Waals surface area contributed by atoms with Gasteiger partial charge in [0.25, 0.3) is 0 Å². The third kappa shape index (κ3) is 3.12. The molecule has 0 spiro atoms. The van der Waals surface area contributed by atoms with Crippen LogP contribution < -0.4 is 10.1 Å². The Morgan fingerprint density at radius 2 is 2.31 bits per heavy atom. The molecule has 0 atom stereocenters. The standard InChI is InChI=1S/C12H18N2OS/c1-2-15-11-4-3-7-14-12(11)16-10-5-8-13-9-6-10/h3-4,7,10,13H,2,5-6,8-9H2,1H3. The first kappa shape index (κ1) is 11.7. The quantitative estimate of drug-likeness (QED) is 0.873. The Kier molecular flexibility index (Phi) is 4.48. The van der Waals surface area contributed by atoms with Crippen LogP contribution in [0.25, 0.3) is 0 Å². The normalized spacial score (nSPS) is 17.3. The van der Waals surface area contributed by atoms with Gasteiger partial charge in [-0.3, -0.25) is 0 Å². The number of ether oxygens (including phenoxy) is 1. The number of rotatable bonds is 4. The highest BCUT2D eigenvalue weighted by molar-refractivity contribution is 8.00. The molecular formula is C12H18N2OS. The van der Waals surface area contributed by atoms with Crippen LogP contribution in [-0.4, -0.2) is 29.9 Å². The molecule has 0 radical (unpaired) electrons. The van der Waals surface area contributed by atoms with E-state index in [1.807, 2.05) is 37.0 Å². The number of pyridine rings is 1. The van der Waals surface area contributed by atoms with E-state index in [4.69, 9.17) is 4.74 Å². The fraction of sp³-hybridized carbons (Fsp3) is 0.583. The van der Waals surface area contributed by atoms with Crippen molar-refractivity contribution < 1.29 is 4.74 Å². The van der Waals surface area contributed by atoms with E-state index in [0.717, 1.165) is 23.9 Å². The molecule has 1 aliphatic rings. The highest BCUT2D eigenvalue weighted by Crippen LogP contribution is 2.33. The molecular weight excluding hydrogens is 220 g/mol. The molecule has 2 rings (SSSR count). The zero-order chi connectivity index (χ0) is 11.2. The summed E-state index contributed by atoms with van der Waals surface area (Å²) in [5, 5.41) is 5.09. The van der Waals surface area contributed by atoms with Crippen LogP contribution in [0.4, 0.5) is 0 Å². The van der Waals surface area contributed by atoms with Crippen molar-refractivity contribution in [2.24, 2.45) is 0 Å². The van der Waals surface area contributed by atoms with Crippen LogP contribution in [0.2, 0.25) is 0 Å². The molecule has 1 aromatic heterocycles. The summed E-state index contributed by atoms with van der Waals surface area (Å²) in [5.41, 5.74) is 0. The van der Waals surface area contributed by atoms with Gasteiger partial charge in [-0.1, -0.05) is 11.8 Å². The van der Waals surface area contributed by atoms with E-state index in [-0.39, 0.29) is 0 Å². The summed E-state index contributed by atoms with van der Waals surface area (Å²) in [6, 6.07) is 3.93. The maximum atomic E-state index is 5.58. The van der Waals surface area contributed by atoms with Gasteiger partial charge in [-0.15, -0.1) is 0 Å². The summed E-state index contributed by atoms with van der Waals surface area (Å²) in [5.74, 6) is 0.925. The Balaban J connectivity index is 2.01. The largest absolute Gasteiger partial charge is 0.491 e. The van der Waals surface area contributed by atoms with Gasteiger partial charge < -0.3 is 10.1 Å². The summed E-state index contributed by atoms with van der Waals surface area (Å²) in [6.07, 6.45) is 4.27. The third-order valence-corrected chi connectivity index (χ3v) is 3.94. The highest BCUT2D eigenvalue weighted by Gasteiger charge is 2.16. The van der Waals surface area contributed by atoms with Gasteiger partial charge in [-0.25, -0.2) is 4.98 Å². The van der Waals surface area contributed by atoms with Crippen molar-refractivity contribution in [3.8, 4) is 5.75 Å². The van der Waals surface area contributed by atoms with E-state index in [1.165, 1.54) is 12.8 Å². The SMILES string of the molecule is CCOc1cccnc1SC1CCNCC1. The first-order valence-electron chi connectivity index (χ1n) is 5.85. The molecule has 0 aromatic carbocycles. The summed E-state index contributed by atoms with van der Waals surface area (Å²) in [4.78, 5) is 4.41. The van der Waals surface area contributed by atoms with Crippen molar-refractivity contribution in [2.75, 3.05) is 19.7 Å².